The van der Waals surface area contributed by atoms with Crippen LogP contribution in [-0.4, -0.2) is 55.2 Å². The number of nitrogens with zero attached hydrogens (tertiary/aromatic N) is 1. The number of hydrogen-bond acceptors (Lipinski definition) is 3. The number of carboxylic acid groups (broad SMARTS) is 1. The molecular weight excluding hydrogens is 258 g/mol. The van der Waals surface area contributed by atoms with Crippen molar-refractivity contribution in [2.24, 2.45) is 11.3 Å². The SMILES string of the molecule is CNCC1CCCN(C(=O)NCC2(C(=O)O)CCC2)C1. The van der Waals surface area contributed by atoms with E-state index in [4.69, 9.17) is 0 Å². The Morgan fingerprint density at radius 3 is 2.65 bits per heavy atom. The van der Waals surface area contributed by atoms with Crippen LogP contribution in [0.15, 0.2) is 0 Å². The third-order valence-electron chi connectivity index (χ3n) is 4.64. The maximum Gasteiger partial charge on any atom is 0.317 e. The van der Waals surface area contributed by atoms with Crippen LogP contribution in [0.3, 0.4) is 0 Å². The Hall–Kier alpha value is -1.30. The molecule has 1 saturated heterocycles. The average molecular weight is 283 g/mol. The zero-order valence-electron chi connectivity index (χ0n) is 12.2. The molecule has 1 aliphatic heterocycles. The van der Waals surface area contributed by atoms with Gasteiger partial charge in [-0.25, -0.2) is 4.79 Å². The van der Waals surface area contributed by atoms with Crippen LogP contribution in [0.25, 0.3) is 0 Å². The second kappa shape index (κ2) is 6.43. The lowest BCUT2D eigenvalue weighted by Gasteiger charge is -2.39. The van der Waals surface area contributed by atoms with Crippen LogP contribution < -0.4 is 10.6 Å². The molecule has 20 heavy (non-hydrogen) atoms. The zero-order chi connectivity index (χ0) is 14.6. The first-order chi connectivity index (χ1) is 9.57. The monoisotopic (exact) mass is 283 g/mol. The van der Waals surface area contributed by atoms with Crippen molar-refractivity contribution in [1.82, 2.24) is 15.5 Å². The van der Waals surface area contributed by atoms with Crippen molar-refractivity contribution in [3.8, 4) is 0 Å². The summed E-state index contributed by atoms with van der Waals surface area (Å²) in [5.74, 6) is -0.285. The molecule has 1 aliphatic carbocycles. The fourth-order valence-corrected chi connectivity index (χ4v) is 3.13. The third kappa shape index (κ3) is 3.23. The normalized spacial score (nSPS) is 24.9. The van der Waals surface area contributed by atoms with Gasteiger partial charge in [-0.2, -0.15) is 0 Å². The molecule has 2 aliphatic rings. The number of hydrogen-bond donors (Lipinski definition) is 3. The number of aliphatic carboxylic acids is 1. The molecule has 2 fully saturated rings. The number of carbonyl (C=O) groups excluding carboxylic acids is 1. The van der Waals surface area contributed by atoms with E-state index in [1.165, 1.54) is 0 Å². The fourth-order valence-electron chi connectivity index (χ4n) is 3.13. The smallest absolute Gasteiger partial charge is 0.317 e. The summed E-state index contributed by atoms with van der Waals surface area (Å²) >= 11 is 0. The first-order valence-electron chi connectivity index (χ1n) is 7.48. The second-order valence-corrected chi connectivity index (χ2v) is 6.11. The van der Waals surface area contributed by atoms with E-state index in [0.717, 1.165) is 38.9 Å². The van der Waals surface area contributed by atoms with Crippen molar-refractivity contribution in [3.63, 3.8) is 0 Å². The molecule has 0 aromatic heterocycles. The van der Waals surface area contributed by atoms with Gasteiger partial charge in [0, 0.05) is 19.6 Å². The van der Waals surface area contributed by atoms with E-state index in [1.54, 1.807) is 0 Å². The highest BCUT2D eigenvalue weighted by molar-refractivity contribution is 5.79. The number of urea groups is 1. The molecule has 0 spiro atoms. The lowest BCUT2D eigenvalue weighted by molar-refractivity contribution is -0.153. The Labute approximate surface area is 119 Å². The molecule has 1 atom stereocenters. The minimum absolute atomic E-state index is 0.113. The maximum atomic E-state index is 12.2. The summed E-state index contributed by atoms with van der Waals surface area (Å²) in [4.78, 5) is 25.2. The fraction of sp³-hybridized carbons (Fsp3) is 0.857. The summed E-state index contributed by atoms with van der Waals surface area (Å²) in [6.45, 7) is 2.70. The van der Waals surface area contributed by atoms with Crippen molar-refractivity contribution in [2.45, 2.75) is 32.1 Å². The molecule has 114 valence electrons. The topological polar surface area (TPSA) is 81.7 Å². The number of piperidine rings is 1. The standard InChI is InChI=1S/C14H25N3O3/c1-15-8-11-4-2-7-17(9-11)13(20)16-10-14(12(18)19)5-3-6-14/h11,15H,2-10H2,1H3,(H,16,20)(H,18,19). The summed E-state index contributed by atoms with van der Waals surface area (Å²) in [6, 6.07) is -0.113. The van der Waals surface area contributed by atoms with E-state index < -0.39 is 11.4 Å². The van der Waals surface area contributed by atoms with Crippen LogP contribution in [0.5, 0.6) is 0 Å². The molecule has 0 bridgehead atoms. The van der Waals surface area contributed by atoms with Gasteiger partial charge in [0.15, 0.2) is 0 Å². The van der Waals surface area contributed by atoms with Crippen LogP contribution >= 0.6 is 0 Å². The third-order valence-corrected chi connectivity index (χ3v) is 4.64. The molecule has 0 aromatic carbocycles. The van der Waals surface area contributed by atoms with E-state index >= 15 is 0 Å². The Balaban J connectivity index is 1.81. The first-order valence-corrected chi connectivity index (χ1v) is 7.48. The van der Waals surface area contributed by atoms with Gasteiger partial charge in [0.05, 0.1) is 5.41 Å². The lowest BCUT2D eigenvalue weighted by Crippen LogP contribution is -2.52. The average Bonchev–Trinajstić information content (AvgIpc) is 2.37. The maximum absolute atomic E-state index is 12.2. The molecule has 2 amide bonds. The molecule has 6 heteroatoms. The number of amides is 2. The summed E-state index contributed by atoms with van der Waals surface area (Å²) in [6.07, 6.45) is 4.44. The van der Waals surface area contributed by atoms with E-state index in [9.17, 15) is 14.7 Å². The molecule has 1 heterocycles. The number of nitrogens with one attached hydrogen (secondary N) is 2. The number of carboxylic acids is 1. The van der Waals surface area contributed by atoms with Gasteiger partial charge in [0.1, 0.15) is 0 Å². The van der Waals surface area contributed by atoms with E-state index in [0.29, 0.717) is 18.8 Å². The molecular formula is C14H25N3O3. The summed E-state index contributed by atoms with van der Waals surface area (Å²) in [5.41, 5.74) is -0.712. The molecule has 2 rings (SSSR count). The zero-order valence-corrected chi connectivity index (χ0v) is 12.2. The predicted octanol–water partition coefficient (Wildman–Crippen LogP) is 0.882. The van der Waals surface area contributed by atoms with Crippen LogP contribution in [-0.2, 0) is 4.79 Å². The van der Waals surface area contributed by atoms with E-state index in [-0.39, 0.29) is 12.6 Å². The molecule has 1 unspecified atom stereocenters. The molecule has 6 nitrogen and oxygen atoms in total. The van der Waals surface area contributed by atoms with Gasteiger partial charge >= 0.3 is 12.0 Å². The largest absolute Gasteiger partial charge is 0.481 e. The molecule has 1 saturated carbocycles. The minimum atomic E-state index is -0.782. The van der Waals surface area contributed by atoms with Crippen LogP contribution in [0.2, 0.25) is 0 Å². The van der Waals surface area contributed by atoms with Crippen LogP contribution in [0, 0.1) is 11.3 Å². The minimum Gasteiger partial charge on any atom is -0.481 e. The highest BCUT2D eigenvalue weighted by Gasteiger charge is 2.44. The highest BCUT2D eigenvalue weighted by atomic mass is 16.4. The van der Waals surface area contributed by atoms with Gasteiger partial charge in [-0.15, -0.1) is 0 Å². The summed E-state index contributed by atoms with van der Waals surface area (Å²) < 4.78 is 0. The summed E-state index contributed by atoms with van der Waals surface area (Å²) in [5, 5.41) is 15.2. The van der Waals surface area contributed by atoms with Crippen molar-refractivity contribution in [2.75, 3.05) is 33.2 Å². The van der Waals surface area contributed by atoms with Gasteiger partial charge in [0.25, 0.3) is 0 Å². The van der Waals surface area contributed by atoms with Gasteiger partial charge in [-0.05, 0) is 45.2 Å². The number of rotatable bonds is 5. The first kappa shape index (κ1) is 15.1. The van der Waals surface area contributed by atoms with Crippen molar-refractivity contribution in [1.29, 1.82) is 0 Å². The molecule has 0 radical (unpaired) electrons. The van der Waals surface area contributed by atoms with Gasteiger partial charge < -0.3 is 20.6 Å². The lowest BCUT2D eigenvalue weighted by atomic mass is 9.69. The Morgan fingerprint density at radius 1 is 1.35 bits per heavy atom. The van der Waals surface area contributed by atoms with E-state index in [2.05, 4.69) is 10.6 Å². The van der Waals surface area contributed by atoms with Crippen molar-refractivity contribution < 1.29 is 14.7 Å². The van der Waals surface area contributed by atoms with Gasteiger partial charge in [-0.1, -0.05) is 6.42 Å². The van der Waals surface area contributed by atoms with Crippen LogP contribution in [0.4, 0.5) is 4.79 Å². The Bertz CT molecular complexity index is 367. The summed E-state index contributed by atoms with van der Waals surface area (Å²) in [7, 11) is 1.92. The number of carbonyl (C=O) groups is 2. The Kier molecular flexibility index (Phi) is 4.86. The second-order valence-electron chi connectivity index (χ2n) is 6.11. The van der Waals surface area contributed by atoms with Gasteiger partial charge in [0.2, 0.25) is 0 Å². The quantitative estimate of drug-likeness (QED) is 0.699. The predicted molar refractivity (Wildman–Crippen MR) is 75.5 cm³/mol. The van der Waals surface area contributed by atoms with E-state index in [1.807, 2.05) is 11.9 Å². The van der Waals surface area contributed by atoms with Crippen molar-refractivity contribution >= 4 is 12.0 Å². The van der Waals surface area contributed by atoms with Crippen LogP contribution in [0.1, 0.15) is 32.1 Å². The number of likely N-dealkylation sites (tertiary alicyclic amines) is 1. The molecule has 0 aromatic rings. The molecule has 3 N–H and O–H groups in total. The van der Waals surface area contributed by atoms with Crippen molar-refractivity contribution in [3.05, 3.63) is 0 Å². The highest BCUT2D eigenvalue weighted by Crippen LogP contribution is 2.40. The van der Waals surface area contributed by atoms with Gasteiger partial charge in [-0.3, -0.25) is 4.79 Å². The Morgan fingerprint density at radius 2 is 2.10 bits per heavy atom.